The molecule has 3 nitrogen and oxygen atoms in total. The van der Waals surface area contributed by atoms with E-state index in [-0.39, 0.29) is 5.75 Å². The van der Waals surface area contributed by atoms with E-state index in [4.69, 9.17) is 14.0 Å². The summed E-state index contributed by atoms with van der Waals surface area (Å²) in [6.45, 7) is 7.66. The molecule has 1 aliphatic rings. The molecule has 0 radical (unpaired) electrons. The van der Waals surface area contributed by atoms with Crippen LogP contribution in [-0.2, 0) is 15.5 Å². The lowest BCUT2D eigenvalue weighted by molar-refractivity contribution is -0.138. The molecule has 25 heavy (non-hydrogen) atoms. The second-order valence-electron chi connectivity index (χ2n) is 6.92. The molecule has 0 aliphatic carbocycles. The minimum Gasteiger partial charge on any atom is -0.496 e. The van der Waals surface area contributed by atoms with Crippen molar-refractivity contribution in [1.29, 1.82) is 0 Å². The number of rotatable bonds is 4. The summed E-state index contributed by atoms with van der Waals surface area (Å²) in [5.74, 6) is 0.0808. The first-order chi connectivity index (χ1) is 11.4. The minimum atomic E-state index is -4.50. The molecule has 0 atom stereocenters. The number of thiol groups is 1. The van der Waals surface area contributed by atoms with E-state index < -0.39 is 30.1 Å². The molecule has 1 saturated heterocycles. The third kappa shape index (κ3) is 4.18. The fraction of sp³-hybridized carbons (Fsp3) is 0.529. The van der Waals surface area contributed by atoms with Crippen LogP contribution in [0.1, 0.15) is 38.8 Å². The van der Waals surface area contributed by atoms with Crippen molar-refractivity contribution >= 4 is 25.8 Å². The SMILES string of the molecule is COc1ccc(C=C(CS)B2OC(C)(C)C(C)(C)O2)cc1C(F)(F)F. The summed E-state index contributed by atoms with van der Waals surface area (Å²) < 4.78 is 56.2. The molecule has 1 aliphatic heterocycles. The standard InChI is InChI=1S/C17H22BF3O3S/c1-15(2)16(3,4)24-18(23-15)12(10-25)8-11-6-7-14(22-5)13(9-11)17(19,20)21/h6-9,25H,10H2,1-5H3. The normalized spacial score (nSPS) is 20.0. The first-order valence-corrected chi connectivity index (χ1v) is 8.47. The number of hydrogen-bond donors (Lipinski definition) is 1. The maximum Gasteiger partial charge on any atom is 0.491 e. The number of benzene rings is 1. The van der Waals surface area contributed by atoms with Crippen molar-refractivity contribution < 1.29 is 27.2 Å². The Balaban J connectivity index is 2.38. The molecule has 2 rings (SSSR count). The summed E-state index contributed by atoms with van der Waals surface area (Å²) in [6.07, 6.45) is -2.88. The van der Waals surface area contributed by atoms with Crippen molar-refractivity contribution in [1.82, 2.24) is 0 Å². The van der Waals surface area contributed by atoms with E-state index in [0.29, 0.717) is 16.8 Å². The Morgan fingerprint density at radius 2 is 1.76 bits per heavy atom. The Labute approximate surface area is 152 Å². The molecule has 0 spiro atoms. The van der Waals surface area contributed by atoms with Gasteiger partial charge in [0.25, 0.3) is 0 Å². The number of hydrogen-bond acceptors (Lipinski definition) is 4. The second-order valence-corrected chi connectivity index (χ2v) is 7.24. The summed E-state index contributed by atoms with van der Waals surface area (Å²) in [6, 6.07) is 3.91. The van der Waals surface area contributed by atoms with Crippen LogP contribution in [0.5, 0.6) is 5.75 Å². The molecule has 1 heterocycles. The van der Waals surface area contributed by atoms with Crippen molar-refractivity contribution in [2.45, 2.75) is 45.1 Å². The van der Waals surface area contributed by atoms with Gasteiger partial charge in [-0.3, -0.25) is 0 Å². The summed E-state index contributed by atoms with van der Waals surface area (Å²) in [7, 11) is 0.558. The third-order valence-electron chi connectivity index (χ3n) is 4.62. The van der Waals surface area contributed by atoms with E-state index in [1.165, 1.54) is 13.2 Å². The summed E-state index contributed by atoms with van der Waals surface area (Å²) >= 11 is 4.28. The molecule has 0 unspecified atom stereocenters. The Hall–Kier alpha value is -1.12. The second kappa shape index (κ2) is 6.89. The highest BCUT2D eigenvalue weighted by molar-refractivity contribution is 7.80. The van der Waals surface area contributed by atoms with Crippen LogP contribution < -0.4 is 4.74 Å². The van der Waals surface area contributed by atoms with E-state index >= 15 is 0 Å². The van der Waals surface area contributed by atoms with Gasteiger partial charge in [-0.15, -0.1) is 0 Å². The average Bonchev–Trinajstić information content (AvgIpc) is 2.71. The summed E-state index contributed by atoms with van der Waals surface area (Å²) in [4.78, 5) is 0. The lowest BCUT2D eigenvalue weighted by atomic mass is 9.78. The Morgan fingerprint density at radius 3 is 2.20 bits per heavy atom. The largest absolute Gasteiger partial charge is 0.496 e. The van der Waals surface area contributed by atoms with Gasteiger partial charge >= 0.3 is 13.3 Å². The predicted octanol–water partition coefficient (Wildman–Crippen LogP) is 4.66. The molecule has 138 valence electrons. The van der Waals surface area contributed by atoms with Gasteiger partial charge in [0.15, 0.2) is 0 Å². The Bertz CT molecular complexity index is 656. The van der Waals surface area contributed by atoms with Gasteiger partial charge in [-0.25, -0.2) is 0 Å². The molecular weight excluding hydrogens is 352 g/mol. The fourth-order valence-corrected chi connectivity index (χ4v) is 2.67. The van der Waals surface area contributed by atoms with Crippen LogP contribution in [-0.4, -0.2) is 31.2 Å². The molecule has 0 saturated carbocycles. The van der Waals surface area contributed by atoms with Gasteiger partial charge in [0.1, 0.15) is 5.75 Å². The summed E-state index contributed by atoms with van der Waals surface area (Å²) in [5, 5.41) is 0. The van der Waals surface area contributed by atoms with Crippen LogP contribution in [0.3, 0.4) is 0 Å². The van der Waals surface area contributed by atoms with Crippen LogP contribution in [0.4, 0.5) is 13.2 Å². The van der Waals surface area contributed by atoms with E-state index in [0.717, 1.165) is 6.07 Å². The zero-order valence-electron chi connectivity index (χ0n) is 14.9. The molecule has 1 aromatic rings. The molecule has 0 aromatic heterocycles. The van der Waals surface area contributed by atoms with Crippen LogP contribution in [0.15, 0.2) is 23.7 Å². The van der Waals surface area contributed by atoms with Crippen LogP contribution in [0.25, 0.3) is 6.08 Å². The lowest BCUT2D eigenvalue weighted by Gasteiger charge is -2.32. The number of alkyl halides is 3. The van der Waals surface area contributed by atoms with Crippen LogP contribution in [0.2, 0.25) is 0 Å². The monoisotopic (exact) mass is 374 g/mol. The van der Waals surface area contributed by atoms with Gasteiger partial charge in [0.2, 0.25) is 0 Å². The maximum atomic E-state index is 13.2. The van der Waals surface area contributed by atoms with Crippen molar-refractivity contribution in [3.05, 3.63) is 34.8 Å². The smallest absolute Gasteiger partial charge is 0.491 e. The molecule has 8 heteroatoms. The minimum absolute atomic E-state index is 0.215. The number of ether oxygens (including phenoxy) is 1. The molecule has 1 aromatic carbocycles. The molecule has 0 bridgehead atoms. The highest BCUT2D eigenvalue weighted by Crippen LogP contribution is 2.40. The Morgan fingerprint density at radius 1 is 1.20 bits per heavy atom. The first-order valence-electron chi connectivity index (χ1n) is 7.83. The maximum absolute atomic E-state index is 13.2. The lowest BCUT2D eigenvalue weighted by Crippen LogP contribution is -2.41. The molecule has 1 fully saturated rings. The van der Waals surface area contributed by atoms with Crippen molar-refractivity contribution in [2.24, 2.45) is 0 Å². The number of halogens is 3. The van der Waals surface area contributed by atoms with Crippen LogP contribution in [0, 0.1) is 0 Å². The van der Waals surface area contributed by atoms with Gasteiger partial charge in [0, 0.05) is 5.75 Å². The highest BCUT2D eigenvalue weighted by Gasteiger charge is 2.52. The quantitative estimate of drug-likeness (QED) is 0.614. The number of methoxy groups -OCH3 is 1. The van der Waals surface area contributed by atoms with Gasteiger partial charge < -0.3 is 14.0 Å². The van der Waals surface area contributed by atoms with E-state index in [2.05, 4.69) is 12.6 Å². The van der Waals surface area contributed by atoms with Crippen molar-refractivity contribution in [3.8, 4) is 5.75 Å². The Kier molecular flexibility index (Phi) is 5.57. The van der Waals surface area contributed by atoms with E-state index in [9.17, 15) is 13.2 Å². The topological polar surface area (TPSA) is 27.7 Å². The zero-order chi connectivity index (χ0) is 19.0. The summed E-state index contributed by atoms with van der Waals surface area (Å²) in [5.41, 5.74) is -0.851. The van der Waals surface area contributed by atoms with Crippen molar-refractivity contribution in [3.63, 3.8) is 0 Å². The van der Waals surface area contributed by atoms with Crippen molar-refractivity contribution in [2.75, 3.05) is 12.9 Å². The van der Waals surface area contributed by atoms with Crippen LogP contribution >= 0.6 is 12.6 Å². The first kappa shape index (κ1) is 20.2. The van der Waals surface area contributed by atoms with Gasteiger partial charge in [-0.1, -0.05) is 12.1 Å². The van der Waals surface area contributed by atoms with Gasteiger partial charge in [0.05, 0.1) is 23.9 Å². The molecule has 0 N–H and O–H groups in total. The predicted molar refractivity (Wildman–Crippen MR) is 95.9 cm³/mol. The molecular formula is C17H22BF3O3S. The van der Waals surface area contributed by atoms with E-state index in [1.54, 1.807) is 12.1 Å². The zero-order valence-corrected chi connectivity index (χ0v) is 15.8. The average molecular weight is 374 g/mol. The highest BCUT2D eigenvalue weighted by atomic mass is 32.1. The molecule has 0 amide bonds. The van der Waals surface area contributed by atoms with Gasteiger partial charge in [-0.2, -0.15) is 25.8 Å². The third-order valence-corrected chi connectivity index (χ3v) is 4.98. The van der Waals surface area contributed by atoms with Gasteiger partial charge in [-0.05, 0) is 50.9 Å². The van der Waals surface area contributed by atoms with E-state index in [1.807, 2.05) is 27.7 Å². The fourth-order valence-electron chi connectivity index (χ4n) is 2.43.